The largest absolute Gasteiger partial charge is 0.465 e. The molecule has 1 amide bonds. The van der Waals surface area contributed by atoms with Crippen LogP contribution in [-0.2, 0) is 0 Å². The first-order valence-corrected chi connectivity index (χ1v) is 3.83. The standard InChI is InChI=1S/C8H14N2O3/c1-3-4-10(2)6-7(11)5-9-8(12)13/h1,7,9,11H,4-6H2,2H3,(H,12,13). The third-order valence-electron chi connectivity index (χ3n) is 1.37. The number of carbonyl (C=O) groups is 1. The van der Waals surface area contributed by atoms with Gasteiger partial charge >= 0.3 is 6.09 Å². The van der Waals surface area contributed by atoms with Crippen molar-refractivity contribution in [3.05, 3.63) is 0 Å². The topological polar surface area (TPSA) is 72.8 Å². The molecule has 5 nitrogen and oxygen atoms in total. The summed E-state index contributed by atoms with van der Waals surface area (Å²) in [6.45, 7) is 0.804. The van der Waals surface area contributed by atoms with Gasteiger partial charge in [0.05, 0.1) is 12.6 Å². The van der Waals surface area contributed by atoms with Gasteiger partial charge in [0.1, 0.15) is 0 Å². The van der Waals surface area contributed by atoms with Gasteiger partial charge in [-0.25, -0.2) is 4.79 Å². The quantitative estimate of drug-likeness (QED) is 0.490. The van der Waals surface area contributed by atoms with E-state index in [4.69, 9.17) is 11.5 Å². The van der Waals surface area contributed by atoms with Gasteiger partial charge in [-0.05, 0) is 7.05 Å². The number of nitrogens with zero attached hydrogens (tertiary/aromatic N) is 1. The van der Waals surface area contributed by atoms with Crippen molar-refractivity contribution in [2.45, 2.75) is 6.10 Å². The molecule has 0 aromatic carbocycles. The van der Waals surface area contributed by atoms with E-state index in [9.17, 15) is 9.90 Å². The number of likely N-dealkylation sites (N-methyl/N-ethyl adjacent to an activating group) is 1. The first kappa shape index (κ1) is 11.8. The number of hydrogen-bond donors (Lipinski definition) is 3. The first-order valence-electron chi connectivity index (χ1n) is 3.83. The van der Waals surface area contributed by atoms with Crippen molar-refractivity contribution in [1.29, 1.82) is 0 Å². The van der Waals surface area contributed by atoms with Crippen molar-refractivity contribution in [1.82, 2.24) is 10.2 Å². The number of nitrogens with one attached hydrogen (secondary N) is 1. The highest BCUT2D eigenvalue weighted by Gasteiger charge is 2.07. The van der Waals surface area contributed by atoms with E-state index in [-0.39, 0.29) is 6.54 Å². The van der Waals surface area contributed by atoms with Crippen LogP contribution in [0.25, 0.3) is 0 Å². The number of aliphatic hydroxyl groups is 1. The fourth-order valence-corrected chi connectivity index (χ4v) is 0.850. The minimum Gasteiger partial charge on any atom is -0.465 e. The molecule has 0 saturated heterocycles. The molecule has 0 rings (SSSR count). The molecule has 74 valence electrons. The number of aliphatic hydroxyl groups excluding tert-OH is 1. The van der Waals surface area contributed by atoms with Gasteiger partial charge in [0.2, 0.25) is 0 Å². The third kappa shape index (κ3) is 7.12. The Morgan fingerprint density at radius 2 is 2.38 bits per heavy atom. The number of terminal acetylenes is 1. The maximum absolute atomic E-state index is 10.0. The highest BCUT2D eigenvalue weighted by atomic mass is 16.4. The summed E-state index contributed by atoms with van der Waals surface area (Å²) >= 11 is 0. The Morgan fingerprint density at radius 1 is 1.77 bits per heavy atom. The molecule has 0 radical (unpaired) electrons. The van der Waals surface area contributed by atoms with Crippen LogP contribution in [0.1, 0.15) is 0 Å². The lowest BCUT2D eigenvalue weighted by atomic mass is 10.3. The lowest BCUT2D eigenvalue weighted by Gasteiger charge is -2.17. The summed E-state index contributed by atoms with van der Waals surface area (Å²) in [5, 5.41) is 19.6. The van der Waals surface area contributed by atoms with Gasteiger partial charge in [-0.2, -0.15) is 0 Å². The Hall–Kier alpha value is -1.25. The van der Waals surface area contributed by atoms with Gasteiger partial charge in [0, 0.05) is 13.1 Å². The fraction of sp³-hybridized carbons (Fsp3) is 0.625. The van der Waals surface area contributed by atoms with Crippen LogP contribution < -0.4 is 5.32 Å². The summed E-state index contributed by atoms with van der Waals surface area (Å²) in [7, 11) is 1.75. The van der Waals surface area contributed by atoms with Crippen molar-refractivity contribution in [2.75, 3.05) is 26.7 Å². The van der Waals surface area contributed by atoms with Crippen molar-refractivity contribution >= 4 is 6.09 Å². The first-order chi connectivity index (χ1) is 6.06. The Bertz CT molecular complexity index is 200. The van der Waals surface area contributed by atoms with Crippen LogP contribution in [0, 0.1) is 12.3 Å². The molecule has 1 atom stereocenters. The van der Waals surface area contributed by atoms with Crippen molar-refractivity contribution < 1.29 is 15.0 Å². The Kier molecular flexibility index (Phi) is 5.68. The SMILES string of the molecule is C#CCN(C)CC(O)CNC(=O)O. The number of amides is 1. The summed E-state index contributed by atoms with van der Waals surface area (Å²) in [5.74, 6) is 2.42. The molecule has 1 unspecified atom stereocenters. The number of carboxylic acid groups (broad SMARTS) is 1. The normalized spacial score (nSPS) is 12.2. The zero-order valence-electron chi connectivity index (χ0n) is 7.53. The molecule has 0 aliphatic carbocycles. The average molecular weight is 186 g/mol. The second-order valence-corrected chi connectivity index (χ2v) is 2.74. The number of hydrogen-bond acceptors (Lipinski definition) is 3. The molecule has 0 fully saturated rings. The number of rotatable bonds is 5. The lowest BCUT2D eigenvalue weighted by molar-refractivity contribution is 0.125. The molecule has 0 heterocycles. The third-order valence-corrected chi connectivity index (χ3v) is 1.37. The summed E-state index contributed by atoms with van der Waals surface area (Å²) in [6, 6.07) is 0. The Morgan fingerprint density at radius 3 is 2.85 bits per heavy atom. The lowest BCUT2D eigenvalue weighted by Crippen LogP contribution is -2.38. The summed E-state index contributed by atoms with van der Waals surface area (Å²) in [6.07, 6.45) is 3.18. The van der Waals surface area contributed by atoms with Crippen LogP contribution >= 0.6 is 0 Å². The second-order valence-electron chi connectivity index (χ2n) is 2.74. The van der Waals surface area contributed by atoms with Crippen LogP contribution in [0.4, 0.5) is 4.79 Å². The molecule has 0 aliphatic heterocycles. The molecule has 5 heteroatoms. The summed E-state index contributed by atoms with van der Waals surface area (Å²) in [4.78, 5) is 11.8. The van der Waals surface area contributed by atoms with Crippen LogP contribution in [0.3, 0.4) is 0 Å². The molecular formula is C8H14N2O3. The minimum atomic E-state index is -1.14. The van der Waals surface area contributed by atoms with E-state index in [1.807, 2.05) is 0 Å². The van der Waals surface area contributed by atoms with Crippen molar-refractivity contribution in [3.63, 3.8) is 0 Å². The highest BCUT2D eigenvalue weighted by Crippen LogP contribution is 1.86. The van der Waals surface area contributed by atoms with E-state index in [0.29, 0.717) is 13.1 Å². The zero-order valence-corrected chi connectivity index (χ0v) is 7.53. The molecule has 0 bridgehead atoms. The molecule has 0 saturated carbocycles. The highest BCUT2D eigenvalue weighted by molar-refractivity contribution is 5.64. The van der Waals surface area contributed by atoms with Crippen molar-refractivity contribution in [2.24, 2.45) is 0 Å². The molecule has 0 aromatic rings. The fourth-order valence-electron chi connectivity index (χ4n) is 0.850. The van der Waals surface area contributed by atoms with Crippen LogP contribution in [0.15, 0.2) is 0 Å². The molecule has 0 aliphatic rings. The van der Waals surface area contributed by atoms with Gasteiger partial charge in [0.15, 0.2) is 0 Å². The second kappa shape index (κ2) is 6.29. The Labute approximate surface area is 77.4 Å². The smallest absolute Gasteiger partial charge is 0.404 e. The maximum Gasteiger partial charge on any atom is 0.404 e. The van der Waals surface area contributed by atoms with E-state index in [1.54, 1.807) is 11.9 Å². The molecule has 3 N–H and O–H groups in total. The van der Waals surface area contributed by atoms with E-state index < -0.39 is 12.2 Å². The summed E-state index contributed by atoms with van der Waals surface area (Å²) < 4.78 is 0. The van der Waals surface area contributed by atoms with Gasteiger partial charge in [-0.15, -0.1) is 6.42 Å². The zero-order chi connectivity index (χ0) is 10.3. The van der Waals surface area contributed by atoms with Gasteiger partial charge in [0.25, 0.3) is 0 Å². The molecule has 13 heavy (non-hydrogen) atoms. The average Bonchev–Trinajstić information content (AvgIpc) is 2.01. The van der Waals surface area contributed by atoms with Gasteiger partial charge < -0.3 is 15.5 Å². The molecule has 0 spiro atoms. The summed E-state index contributed by atoms with van der Waals surface area (Å²) in [5.41, 5.74) is 0. The van der Waals surface area contributed by atoms with E-state index in [1.165, 1.54) is 0 Å². The van der Waals surface area contributed by atoms with E-state index in [0.717, 1.165) is 0 Å². The van der Waals surface area contributed by atoms with E-state index >= 15 is 0 Å². The predicted octanol–water partition coefficient (Wildman–Crippen LogP) is -0.820. The van der Waals surface area contributed by atoms with Crippen molar-refractivity contribution in [3.8, 4) is 12.3 Å². The Balaban J connectivity index is 3.56. The maximum atomic E-state index is 10.0. The van der Waals surface area contributed by atoms with Crippen LogP contribution in [0.2, 0.25) is 0 Å². The van der Waals surface area contributed by atoms with Crippen LogP contribution in [-0.4, -0.2) is 54.0 Å². The van der Waals surface area contributed by atoms with Gasteiger partial charge in [-0.3, -0.25) is 4.90 Å². The minimum absolute atomic E-state index is 0.0181. The molecular weight excluding hydrogens is 172 g/mol. The molecule has 0 aromatic heterocycles. The van der Waals surface area contributed by atoms with E-state index in [2.05, 4.69) is 11.2 Å². The predicted molar refractivity (Wildman–Crippen MR) is 48.4 cm³/mol. The monoisotopic (exact) mass is 186 g/mol. The van der Waals surface area contributed by atoms with Crippen LogP contribution in [0.5, 0.6) is 0 Å². The van der Waals surface area contributed by atoms with Gasteiger partial charge in [-0.1, -0.05) is 5.92 Å².